The van der Waals surface area contributed by atoms with E-state index in [1.807, 2.05) is 11.8 Å². The first-order valence-corrected chi connectivity index (χ1v) is 13.1. The van der Waals surface area contributed by atoms with E-state index in [9.17, 15) is 19.1 Å². The number of fused-ring (bicyclic) bond motifs is 1. The lowest BCUT2D eigenvalue weighted by Gasteiger charge is -2.39. The molecule has 0 bridgehead atoms. The van der Waals surface area contributed by atoms with Crippen LogP contribution >= 0.6 is 11.6 Å². The Morgan fingerprint density at radius 1 is 1.18 bits per heavy atom. The molecule has 1 fully saturated rings. The number of halogens is 2. The van der Waals surface area contributed by atoms with E-state index in [2.05, 4.69) is 23.8 Å². The van der Waals surface area contributed by atoms with Crippen molar-refractivity contribution >= 4 is 34.5 Å². The van der Waals surface area contributed by atoms with Gasteiger partial charge < -0.3 is 14.9 Å². The standard InChI is InChI=1S/C28H28ClFN6O3/c1-16(2)13-22-23(9-6-10-31-22)36-26-19(14-20(29)24(32-26)18-7-4-5-8-21(18)30)25(33-27(36)37)35-12-11-34(28(38)39)15-17(35)3/h4-10,14,16-17H,11-13,15H2,1-3H3,(H,38,39). The number of rotatable bonds is 5. The maximum atomic E-state index is 14.8. The number of amides is 1. The fraction of sp³-hybridized carbons (Fsp3) is 0.321. The first kappa shape index (κ1) is 26.6. The van der Waals surface area contributed by atoms with Gasteiger partial charge in [0, 0.05) is 37.4 Å². The van der Waals surface area contributed by atoms with Gasteiger partial charge in [0.25, 0.3) is 0 Å². The number of aromatic nitrogens is 4. The molecule has 3 aromatic heterocycles. The molecule has 0 radical (unpaired) electrons. The van der Waals surface area contributed by atoms with Crippen molar-refractivity contribution in [2.24, 2.45) is 5.92 Å². The second kappa shape index (κ2) is 10.6. The van der Waals surface area contributed by atoms with E-state index in [0.717, 1.165) is 0 Å². The van der Waals surface area contributed by atoms with Crippen LogP contribution in [-0.4, -0.2) is 61.3 Å². The van der Waals surface area contributed by atoms with E-state index in [1.54, 1.807) is 42.6 Å². The van der Waals surface area contributed by atoms with Crippen LogP contribution in [0.25, 0.3) is 28.0 Å². The Bertz CT molecular complexity index is 1630. The van der Waals surface area contributed by atoms with Crippen LogP contribution in [0.4, 0.5) is 15.0 Å². The van der Waals surface area contributed by atoms with Gasteiger partial charge >= 0.3 is 11.8 Å². The summed E-state index contributed by atoms with van der Waals surface area (Å²) < 4.78 is 16.2. The number of carbonyl (C=O) groups is 1. The van der Waals surface area contributed by atoms with Gasteiger partial charge in [-0.1, -0.05) is 37.6 Å². The summed E-state index contributed by atoms with van der Waals surface area (Å²) in [6, 6.07) is 11.1. The van der Waals surface area contributed by atoms with Crippen molar-refractivity contribution in [2.75, 3.05) is 24.5 Å². The Balaban J connectivity index is 1.79. The highest BCUT2D eigenvalue weighted by molar-refractivity contribution is 6.33. The van der Waals surface area contributed by atoms with Crippen LogP contribution in [0.15, 0.2) is 53.5 Å². The zero-order valence-electron chi connectivity index (χ0n) is 21.8. The maximum Gasteiger partial charge on any atom is 0.407 e. The summed E-state index contributed by atoms with van der Waals surface area (Å²) in [6.07, 6.45) is 1.30. The molecule has 1 aliphatic heterocycles. The van der Waals surface area contributed by atoms with Gasteiger partial charge in [-0.15, -0.1) is 0 Å². The molecule has 1 unspecified atom stereocenters. The van der Waals surface area contributed by atoms with Crippen molar-refractivity contribution in [3.8, 4) is 16.9 Å². The average molecular weight is 551 g/mol. The fourth-order valence-corrected chi connectivity index (χ4v) is 5.26. The lowest BCUT2D eigenvalue weighted by atomic mass is 10.1. The second-order valence-corrected chi connectivity index (χ2v) is 10.5. The largest absolute Gasteiger partial charge is 0.465 e. The molecule has 1 aliphatic rings. The Morgan fingerprint density at radius 3 is 2.64 bits per heavy atom. The number of carboxylic acid groups (broad SMARTS) is 1. The molecule has 1 saturated heterocycles. The van der Waals surface area contributed by atoms with Gasteiger partial charge in [0.05, 0.1) is 27.5 Å². The Morgan fingerprint density at radius 2 is 1.95 bits per heavy atom. The second-order valence-electron chi connectivity index (χ2n) is 10.1. The fourth-order valence-electron chi connectivity index (χ4n) is 5.01. The number of anilines is 1. The lowest BCUT2D eigenvalue weighted by molar-refractivity contribution is 0.136. The lowest BCUT2D eigenvalue weighted by Crippen LogP contribution is -2.54. The molecular weight excluding hydrogens is 523 g/mol. The third-order valence-corrected chi connectivity index (χ3v) is 7.10. The quantitative estimate of drug-likeness (QED) is 0.372. The SMILES string of the molecule is CC(C)Cc1ncccc1-n1c(=O)nc(N2CCN(C(=O)O)CC2C)c2cc(Cl)c(-c3ccccc3F)nc21. The molecule has 4 aromatic rings. The Kier molecular flexibility index (Phi) is 7.22. The average Bonchev–Trinajstić information content (AvgIpc) is 2.89. The van der Waals surface area contributed by atoms with E-state index in [1.165, 1.54) is 15.5 Å². The van der Waals surface area contributed by atoms with Crippen molar-refractivity contribution in [3.63, 3.8) is 0 Å². The van der Waals surface area contributed by atoms with Gasteiger partial charge in [0.1, 0.15) is 11.6 Å². The number of nitrogens with zero attached hydrogens (tertiary/aromatic N) is 6. The van der Waals surface area contributed by atoms with Gasteiger partial charge in [-0.05, 0) is 49.6 Å². The minimum Gasteiger partial charge on any atom is -0.465 e. The van der Waals surface area contributed by atoms with E-state index >= 15 is 0 Å². The molecule has 0 saturated carbocycles. The van der Waals surface area contributed by atoms with Crippen LogP contribution in [0.2, 0.25) is 5.02 Å². The molecule has 1 atom stereocenters. The van der Waals surface area contributed by atoms with Gasteiger partial charge in [-0.25, -0.2) is 23.5 Å². The maximum absolute atomic E-state index is 14.8. The summed E-state index contributed by atoms with van der Waals surface area (Å²) in [7, 11) is 0. The van der Waals surface area contributed by atoms with Gasteiger partial charge in [-0.3, -0.25) is 4.98 Å². The summed E-state index contributed by atoms with van der Waals surface area (Å²) in [5, 5.41) is 10.1. The molecule has 1 N–H and O–H groups in total. The molecule has 5 rings (SSSR count). The van der Waals surface area contributed by atoms with Crippen molar-refractivity contribution in [1.29, 1.82) is 0 Å². The Hall–Kier alpha value is -4.05. The van der Waals surface area contributed by atoms with Crippen LogP contribution in [0.5, 0.6) is 0 Å². The minimum atomic E-state index is -0.997. The molecule has 9 nitrogen and oxygen atoms in total. The first-order chi connectivity index (χ1) is 18.7. The van der Waals surface area contributed by atoms with Crippen molar-refractivity contribution in [1.82, 2.24) is 24.4 Å². The first-order valence-electron chi connectivity index (χ1n) is 12.7. The molecular formula is C28H28ClFN6O3. The van der Waals surface area contributed by atoms with E-state index in [4.69, 9.17) is 16.6 Å². The van der Waals surface area contributed by atoms with Crippen molar-refractivity contribution < 1.29 is 14.3 Å². The molecule has 0 aliphatic carbocycles. The molecule has 4 heterocycles. The minimum absolute atomic E-state index is 0.200. The van der Waals surface area contributed by atoms with Gasteiger partial charge in [0.2, 0.25) is 0 Å². The molecule has 11 heteroatoms. The molecule has 1 aromatic carbocycles. The summed E-state index contributed by atoms with van der Waals surface area (Å²) in [6.45, 7) is 6.83. The number of benzene rings is 1. The summed E-state index contributed by atoms with van der Waals surface area (Å²) >= 11 is 6.70. The van der Waals surface area contributed by atoms with Crippen molar-refractivity contribution in [2.45, 2.75) is 33.2 Å². The van der Waals surface area contributed by atoms with Crippen LogP contribution in [-0.2, 0) is 6.42 Å². The molecule has 202 valence electrons. The van der Waals surface area contributed by atoms with Gasteiger partial charge in [0.15, 0.2) is 5.65 Å². The molecule has 0 spiro atoms. The predicted molar refractivity (Wildman–Crippen MR) is 148 cm³/mol. The number of hydrogen-bond donors (Lipinski definition) is 1. The zero-order valence-corrected chi connectivity index (χ0v) is 22.6. The normalized spacial score (nSPS) is 15.8. The summed E-state index contributed by atoms with van der Waals surface area (Å²) in [5.41, 5.74) is 1.34. The number of hydrogen-bond acceptors (Lipinski definition) is 6. The highest BCUT2D eigenvalue weighted by atomic mass is 35.5. The highest BCUT2D eigenvalue weighted by Gasteiger charge is 2.30. The van der Waals surface area contributed by atoms with E-state index in [0.29, 0.717) is 35.6 Å². The summed E-state index contributed by atoms with van der Waals surface area (Å²) in [5.74, 6) is 0.137. The predicted octanol–water partition coefficient (Wildman–Crippen LogP) is 5.02. The van der Waals surface area contributed by atoms with Crippen LogP contribution < -0.4 is 10.6 Å². The Labute approximate surface area is 229 Å². The molecule has 1 amide bonds. The zero-order chi connectivity index (χ0) is 27.8. The highest BCUT2D eigenvalue weighted by Crippen LogP contribution is 2.35. The third kappa shape index (κ3) is 5.04. The molecule has 39 heavy (non-hydrogen) atoms. The van der Waals surface area contributed by atoms with E-state index in [-0.39, 0.29) is 47.0 Å². The third-order valence-electron chi connectivity index (χ3n) is 6.81. The smallest absolute Gasteiger partial charge is 0.407 e. The van der Waals surface area contributed by atoms with Crippen LogP contribution in [0.1, 0.15) is 26.5 Å². The van der Waals surface area contributed by atoms with Crippen LogP contribution in [0.3, 0.4) is 0 Å². The van der Waals surface area contributed by atoms with E-state index < -0.39 is 17.6 Å². The monoisotopic (exact) mass is 550 g/mol. The van der Waals surface area contributed by atoms with Crippen LogP contribution in [0, 0.1) is 11.7 Å². The topological polar surface area (TPSA) is 104 Å². The van der Waals surface area contributed by atoms with Crippen molar-refractivity contribution in [3.05, 3.63) is 75.7 Å². The van der Waals surface area contributed by atoms with Gasteiger partial charge in [-0.2, -0.15) is 4.98 Å². The number of piperazine rings is 1. The number of pyridine rings is 2. The summed E-state index contributed by atoms with van der Waals surface area (Å²) in [4.78, 5) is 42.3.